The third-order valence-corrected chi connectivity index (χ3v) is 14.0. The fourth-order valence-electron chi connectivity index (χ4n) is 10.2. The second-order valence-corrected chi connectivity index (χ2v) is 18.3. The number of aromatic nitrogens is 1. The maximum Gasteiger partial charge on any atom is 0.421 e. The van der Waals surface area contributed by atoms with Gasteiger partial charge in [0.2, 0.25) is 11.8 Å². The summed E-state index contributed by atoms with van der Waals surface area (Å²) >= 11 is 1.25. The Kier molecular flexibility index (Phi) is 12.5. The average Bonchev–Trinajstić information content (AvgIpc) is 4.00. The number of nitrogens with zero attached hydrogens (tertiary/aromatic N) is 4. The van der Waals surface area contributed by atoms with Crippen molar-refractivity contribution in [1.29, 1.82) is 0 Å². The van der Waals surface area contributed by atoms with Crippen LogP contribution in [0, 0.1) is 17.8 Å². The number of hydrogen-bond acceptors (Lipinski definition) is 12. The lowest BCUT2D eigenvalue weighted by atomic mass is 9.65. The van der Waals surface area contributed by atoms with E-state index in [1.807, 2.05) is 115 Å². The molecule has 6 atom stereocenters. The molecule has 2 saturated heterocycles. The number of nitrogens with one attached hydrogen (secondary N) is 1. The molecule has 0 bridgehead atoms. The molecule has 3 aliphatic heterocycles. The Labute approximate surface area is 402 Å². The molecule has 0 saturated carbocycles. The molecule has 6 aromatic carbocycles. The number of benzene rings is 6. The summed E-state index contributed by atoms with van der Waals surface area (Å²) < 4.78 is 18.3. The summed E-state index contributed by atoms with van der Waals surface area (Å²) in [5.74, 6) is 2.74. The number of imide groups is 1. The number of carbonyl (C=O) groups is 4. The van der Waals surface area contributed by atoms with Gasteiger partial charge in [-0.1, -0.05) is 138 Å². The van der Waals surface area contributed by atoms with Crippen LogP contribution in [0.2, 0.25) is 0 Å². The van der Waals surface area contributed by atoms with E-state index in [4.69, 9.17) is 19.2 Å². The largest absolute Gasteiger partial charge is 0.508 e. The summed E-state index contributed by atoms with van der Waals surface area (Å²) in [6.07, 6.45) is -1.91. The van der Waals surface area contributed by atoms with Crippen molar-refractivity contribution in [2.45, 2.75) is 36.2 Å². The summed E-state index contributed by atoms with van der Waals surface area (Å²) in [4.78, 5) is 71.8. The number of thiazole rings is 1. The third-order valence-electron chi connectivity index (χ3n) is 13.0. The Balaban J connectivity index is 1.22. The van der Waals surface area contributed by atoms with Crippen LogP contribution >= 0.6 is 11.3 Å². The molecule has 10 rings (SSSR count). The van der Waals surface area contributed by atoms with Crippen molar-refractivity contribution in [1.82, 2.24) is 14.8 Å². The topological polar surface area (TPSA) is 151 Å². The number of cyclic esters (lactones) is 1. The van der Waals surface area contributed by atoms with Gasteiger partial charge in [-0.15, -0.1) is 0 Å². The Morgan fingerprint density at radius 1 is 0.826 bits per heavy atom. The smallest absolute Gasteiger partial charge is 0.421 e. The fraction of sp³-hybridized carbons (Fsp3) is 0.218. The van der Waals surface area contributed by atoms with E-state index in [2.05, 4.69) is 34.2 Å². The van der Waals surface area contributed by atoms with Crippen molar-refractivity contribution in [2.24, 2.45) is 5.92 Å². The minimum Gasteiger partial charge on any atom is -0.508 e. The number of ether oxygens (including phenoxy) is 3. The van der Waals surface area contributed by atoms with Gasteiger partial charge in [0.15, 0.2) is 5.13 Å². The van der Waals surface area contributed by atoms with Gasteiger partial charge < -0.3 is 24.6 Å². The number of para-hydroxylation sites is 1. The van der Waals surface area contributed by atoms with Crippen molar-refractivity contribution >= 4 is 56.2 Å². The monoisotopic (exact) mass is 937 g/mol. The van der Waals surface area contributed by atoms with E-state index in [0.29, 0.717) is 35.3 Å². The highest BCUT2D eigenvalue weighted by Gasteiger charge is 2.76. The molecule has 346 valence electrons. The summed E-state index contributed by atoms with van der Waals surface area (Å²) in [6.45, 7) is 0.958. The summed E-state index contributed by atoms with van der Waals surface area (Å²) in [7, 11) is 3.44. The van der Waals surface area contributed by atoms with Crippen molar-refractivity contribution in [3.8, 4) is 17.6 Å². The SMILES string of the molecule is COCCOC(=O)N1C(=O)C2(c3cc(C#CCN(C)Cc4ccccc4)ccc31)C(C(=O)Nc1nc3ccccc3s1)C1C(=O)OC(c3ccccc3)C(c3ccccc3)N1C2c1ccc(O)cc1. The van der Waals surface area contributed by atoms with Crippen molar-refractivity contribution in [3.63, 3.8) is 0 Å². The average molecular weight is 938 g/mol. The number of carbonyl (C=O) groups excluding carboxylic acids is 4. The Morgan fingerprint density at radius 2 is 1.51 bits per heavy atom. The lowest BCUT2D eigenvalue weighted by molar-refractivity contribution is -0.177. The lowest BCUT2D eigenvalue weighted by Crippen LogP contribution is -2.54. The molecule has 4 heterocycles. The van der Waals surface area contributed by atoms with Crippen LogP contribution in [0.5, 0.6) is 5.75 Å². The maximum atomic E-state index is 16.4. The molecule has 3 aliphatic rings. The number of aromatic hydroxyl groups is 1. The number of phenols is 1. The maximum absolute atomic E-state index is 16.4. The standard InChI is InChI=1S/C55H47N5O8S/c1-58(34-36-15-6-3-7-16-36)30-14-17-35-24-29-43-41(33-35)55(52(64)59(43)54(65)67-32-31-66-2)45(50(62)57-53-56-42-22-12-13-23-44(42)69-53)47-51(63)68-48(38-20-10-5-11-21-38)46(37-18-8-4-9-19-37)60(47)49(55)39-25-27-40(61)28-26-39/h3-13,15-16,18-29,33,45-49,61H,30-32,34H2,1-2H3,(H,56,57,62). The van der Waals surface area contributed by atoms with Crippen LogP contribution in [-0.2, 0) is 40.6 Å². The van der Waals surface area contributed by atoms with Gasteiger partial charge in [-0.25, -0.2) is 14.7 Å². The van der Waals surface area contributed by atoms with Crippen LogP contribution in [0.1, 0.15) is 51.6 Å². The van der Waals surface area contributed by atoms with E-state index in [-0.39, 0.29) is 35.3 Å². The first-order valence-electron chi connectivity index (χ1n) is 22.6. The number of anilines is 2. The van der Waals surface area contributed by atoms with Gasteiger partial charge in [-0.05, 0) is 77.3 Å². The molecule has 6 unspecified atom stereocenters. The van der Waals surface area contributed by atoms with Crippen LogP contribution in [0.25, 0.3) is 10.2 Å². The van der Waals surface area contributed by atoms with E-state index in [0.717, 1.165) is 20.7 Å². The second-order valence-electron chi connectivity index (χ2n) is 17.3. The molecular weight excluding hydrogens is 891 g/mol. The lowest BCUT2D eigenvalue weighted by Gasteiger charge is -2.46. The molecule has 2 N–H and O–H groups in total. The number of amides is 3. The van der Waals surface area contributed by atoms with Crippen LogP contribution in [0.3, 0.4) is 0 Å². The van der Waals surface area contributed by atoms with E-state index >= 15 is 14.4 Å². The van der Waals surface area contributed by atoms with Crippen LogP contribution in [0.4, 0.5) is 15.6 Å². The van der Waals surface area contributed by atoms with Crippen LogP contribution < -0.4 is 10.2 Å². The Hall–Kier alpha value is -7.67. The number of hydrogen-bond donors (Lipinski definition) is 2. The minimum atomic E-state index is -2.06. The van der Waals surface area contributed by atoms with Crippen molar-refractivity contribution in [2.75, 3.05) is 44.1 Å². The number of esters is 1. The van der Waals surface area contributed by atoms with E-state index in [1.165, 1.54) is 30.6 Å². The van der Waals surface area contributed by atoms with Crippen molar-refractivity contribution < 1.29 is 38.5 Å². The summed E-state index contributed by atoms with van der Waals surface area (Å²) in [6, 6.07) is 44.5. The highest BCUT2D eigenvalue weighted by Crippen LogP contribution is 2.66. The molecule has 2 fully saturated rings. The van der Waals surface area contributed by atoms with Gasteiger partial charge in [-0.3, -0.25) is 24.2 Å². The van der Waals surface area contributed by atoms with Gasteiger partial charge in [0.25, 0.3) is 0 Å². The zero-order valence-corrected chi connectivity index (χ0v) is 38.5. The first-order valence-corrected chi connectivity index (χ1v) is 23.4. The van der Waals surface area contributed by atoms with Crippen LogP contribution in [-0.4, -0.2) is 83.7 Å². The molecule has 3 amide bonds. The number of methoxy groups -OCH3 is 1. The first-order chi connectivity index (χ1) is 33.7. The number of fused-ring (bicyclic) bond motifs is 4. The first kappa shape index (κ1) is 45.1. The van der Waals surface area contributed by atoms with Gasteiger partial charge in [0, 0.05) is 19.2 Å². The van der Waals surface area contributed by atoms with Gasteiger partial charge >= 0.3 is 12.1 Å². The summed E-state index contributed by atoms with van der Waals surface area (Å²) in [5, 5.41) is 14.0. The fourth-order valence-corrected chi connectivity index (χ4v) is 11.1. The van der Waals surface area contributed by atoms with E-state index < -0.39 is 59.4 Å². The minimum absolute atomic E-state index is 0.0383. The molecule has 14 heteroatoms. The molecule has 0 aliphatic carbocycles. The van der Waals surface area contributed by atoms with E-state index in [1.54, 1.807) is 30.3 Å². The Bertz CT molecular complexity index is 3070. The molecule has 69 heavy (non-hydrogen) atoms. The van der Waals surface area contributed by atoms with E-state index in [9.17, 15) is 9.90 Å². The number of rotatable bonds is 11. The normalized spacial score (nSPS) is 21.7. The quantitative estimate of drug-likeness (QED) is 0.0730. The number of morpholine rings is 1. The molecule has 1 aromatic heterocycles. The predicted molar refractivity (Wildman–Crippen MR) is 261 cm³/mol. The number of phenolic OH excluding ortho intramolecular Hbond substituents is 1. The molecule has 0 radical (unpaired) electrons. The van der Waals surface area contributed by atoms with Gasteiger partial charge in [-0.2, -0.15) is 0 Å². The highest BCUT2D eigenvalue weighted by molar-refractivity contribution is 7.22. The molecular formula is C55H47N5O8S. The second kappa shape index (κ2) is 19.1. The van der Waals surface area contributed by atoms with Gasteiger partial charge in [0.05, 0.1) is 47.1 Å². The molecule has 13 nitrogen and oxygen atoms in total. The van der Waals surface area contributed by atoms with Gasteiger partial charge in [0.1, 0.15) is 29.9 Å². The zero-order valence-electron chi connectivity index (χ0n) is 37.7. The zero-order chi connectivity index (χ0) is 47.6. The predicted octanol–water partition coefficient (Wildman–Crippen LogP) is 8.57. The summed E-state index contributed by atoms with van der Waals surface area (Å²) in [5.41, 5.74) is 2.61. The molecule has 7 aromatic rings. The molecule has 1 spiro atoms. The van der Waals surface area contributed by atoms with Crippen LogP contribution in [0.15, 0.2) is 158 Å². The highest BCUT2D eigenvalue weighted by atomic mass is 32.1. The van der Waals surface area contributed by atoms with Crippen molar-refractivity contribution in [3.05, 3.63) is 191 Å². The third kappa shape index (κ3) is 8.29. The Morgan fingerprint density at radius 3 is 2.22 bits per heavy atom.